The summed E-state index contributed by atoms with van der Waals surface area (Å²) in [6.07, 6.45) is 1.79. The summed E-state index contributed by atoms with van der Waals surface area (Å²) in [4.78, 5) is 38.1. The van der Waals surface area contributed by atoms with Crippen LogP contribution in [0.15, 0.2) is 40.1 Å². The topological polar surface area (TPSA) is 126 Å². The summed E-state index contributed by atoms with van der Waals surface area (Å²) in [6, 6.07) is 6.26. The van der Waals surface area contributed by atoms with Gasteiger partial charge in [0.15, 0.2) is 8.32 Å². The van der Waals surface area contributed by atoms with E-state index in [0.29, 0.717) is 12.0 Å². The Balaban J connectivity index is 1.76. The van der Waals surface area contributed by atoms with Crippen molar-refractivity contribution in [3.8, 4) is 0 Å². The Labute approximate surface area is 205 Å². The minimum atomic E-state index is -2.05. The number of H-pyrrole nitrogens is 1. The van der Waals surface area contributed by atoms with Crippen LogP contribution in [0, 0.1) is 10.1 Å². The molecule has 1 aliphatic rings. The summed E-state index contributed by atoms with van der Waals surface area (Å²) in [5, 5.41) is 11.2. The average molecular weight is 506 g/mol. The maximum Gasteiger partial charge on any atom is 0.330 e. The lowest BCUT2D eigenvalue weighted by Gasteiger charge is -2.39. The molecule has 10 nitrogen and oxygen atoms in total. The third-order valence-electron chi connectivity index (χ3n) is 6.89. The van der Waals surface area contributed by atoms with Crippen LogP contribution in [0.25, 0.3) is 0 Å². The van der Waals surface area contributed by atoms with E-state index >= 15 is 0 Å². The van der Waals surface area contributed by atoms with E-state index in [1.54, 1.807) is 18.2 Å². The molecular weight excluding hydrogens is 470 g/mol. The molecule has 1 N–H and O–H groups in total. The maximum absolute atomic E-state index is 12.6. The number of para-hydroxylation sites is 1. The molecule has 1 fully saturated rings. The zero-order valence-electron chi connectivity index (χ0n) is 21.2. The number of ether oxygens (including phenoxy) is 2. The molecule has 1 saturated heterocycles. The minimum Gasteiger partial charge on any atom is -0.411 e. The number of benzene rings is 1. The molecule has 0 spiro atoms. The molecule has 0 amide bonds. The number of hydrogen-bond donors (Lipinski definition) is 1. The van der Waals surface area contributed by atoms with Crippen molar-refractivity contribution in [3.05, 3.63) is 72.5 Å². The lowest BCUT2D eigenvalue weighted by Crippen LogP contribution is -2.45. The van der Waals surface area contributed by atoms with Crippen molar-refractivity contribution >= 4 is 14.0 Å². The zero-order valence-corrected chi connectivity index (χ0v) is 22.2. The Morgan fingerprint density at radius 2 is 1.86 bits per heavy atom. The first-order chi connectivity index (χ1) is 16.3. The Bertz CT molecular complexity index is 1170. The molecule has 2 heterocycles. The first-order valence-corrected chi connectivity index (χ1v) is 14.7. The Morgan fingerprint density at radius 1 is 1.20 bits per heavy atom. The van der Waals surface area contributed by atoms with Crippen LogP contribution in [0.2, 0.25) is 18.1 Å². The van der Waals surface area contributed by atoms with E-state index in [2.05, 4.69) is 38.8 Å². The van der Waals surface area contributed by atoms with Crippen LogP contribution in [0.5, 0.6) is 0 Å². The van der Waals surface area contributed by atoms with Crippen molar-refractivity contribution in [2.75, 3.05) is 0 Å². The van der Waals surface area contributed by atoms with Gasteiger partial charge in [-0.25, -0.2) is 4.79 Å². The van der Waals surface area contributed by atoms with E-state index in [0.717, 1.165) is 6.42 Å². The lowest BCUT2D eigenvalue weighted by atomic mass is 10.1. The Morgan fingerprint density at radius 3 is 2.49 bits per heavy atom. The third kappa shape index (κ3) is 6.15. The smallest absolute Gasteiger partial charge is 0.330 e. The van der Waals surface area contributed by atoms with Crippen molar-refractivity contribution < 1.29 is 18.8 Å². The molecule has 0 bridgehead atoms. The summed E-state index contributed by atoms with van der Waals surface area (Å²) in [7, 11) is -2.05. The van der Waals surface area contributed by atoms with E-state index in [1.165, 1.54) is 16.8 Å². The highest BCUT2D eigenvalue weighted by Crippen LogP contribution is 2.41. The van der Waals surface area contributed by atoms with Gasteiger partial charge in [-0.05, 0) is 30.6 Å². The van der Waals surface area contributed by atoms with Crippen LogP contribution in [-0.4, -0.2) is 35.0 Å². The maximum atomic E-state index is 12.6. The van der Waals surface area contributed by atoms with Crippen LogP contribution < -0.4 is 11.2 Å². The predicted molar refractivity (Wildman–Crippen MR) is 134 cm³/mol. The van der Waals surface area contributed by atoms with Crippen LogP contribution in [0.4, 0.5) is 5.69 Å². The van der Waals surface area contributed by atoms with Crippen molar-refractivity contribution in [3.63, 3.8) is 0 Å². The predicted octanol–water partition coefficient (Wildman–Crippen LogP) is 4.25. The molecule has 3 atom stereocenters. The SMILES string of the molecule is CC[C@H]1O[C@@H](n2cc(COCc3ccccc3[N+](=O)[O-])c(=O)[nH]c2=O)C[C@H]1O[Si](C)(C)C(C)(C)C. The van der Waals surface area contributed by atoms with E-state index in [4.69, 9.17) is 13.9 Å². The fraction of sp³-hybridized carbons (Fsp3) is 0.583. The monoisotopic (exact) mass is 505 g/mol. The number of nitrogens with one attached hydrogen (secondary N) is 1. The van der Waals surface area contributed by atoms with Crippen molar-refractivity contribution in [2.45, 2.75) is 90.3 Å². The van der Waals surface area contributed by atoms with Gasteiger partial charge in [0.2, 0.25) is 0 Å². The number of nitro benzene ring substituents is 1. The second-order valence-corrected chi connectivity index (χ2v) is 15.1. The van der Waals surface area contributed by atoms with Crippen molar-refractivity contribution in [1.82, 2.24) is 9.55 Å². The van der Waals surface area contributed by atoms with Crippen LogP contribution in [0.3, 0.4) is 0 Å². The van der Waals surface area contributed by atoms with Crippen LogP contribution >= 0.6 is 0 Å². The van der Waals surface area contributed by atoms with Gasteiger partial charge in [-0.15, -0.1) is 0 Å². The Hall–Kier alpha value is -2.60. The average Bonchev–Trinajstić information content (AvgIpc) is 3.16. The van der Waals surface area contributed by atoms with Crippen molar-refractivity contribution in [1.29, 1.82) is 0 Å². The van der Waals surface area contributed by atoms with Gasteiger partial charge in [0.25, 0.3) is 11.2 Å². The van der Waals surface area contributed by atoms with E-state index < -0.39 is 30.7 Å². The normalized spacial score (nSPS) is 20.8. The zero-order chi connectivity index (χ0) is 26.0. The van der Waals surface area contributed by atoms with Crippen LogP contribution in [-0.2, 0) is 27.1 Å². The Kier molecular flexibility index (Phi) is 8.15. The lowest BCUT2D eigenvalue weighted by molar-refractivity contribution is -0.386. The van der Waals surface area contributed by atoms with Gasteiger partial charge in [0, 0.05) is 18.7 Å². The summed E-state index contributed by atoms with van der Waals surface area (Å²) in [6.45, 7) is 12.8. The summed E-state index contributed by atoms with van der Waals surface area (Å²) in [5.74, 6) is 0. The number of nitrogens with zero attached hydrogens (tertiary/aromatic N) is 2. The molecule has 0 radical (unpaired) electrons. The largest absolute Gasteiger partial charge is 0.411 e. The number of rotatable bonds is 9. The molecule has 0 unspecified atom stereocenters. The fourth-order valence-corrected chi connectivity index (χ4v) is 5.20. The fourth-order valence-electron chi connectivity index (χ4n) is 3.84. The highest BCUT2D eigenvalue weighted by Gasteiger charge is 2.44. The molecule has 1 aromatic carbocycles. The highest BCUT2D eigenvalue weighted by molar-refractivity contribution is 6.74. The van der Waals surface area contributed by atoms with E-state index in [-0.39, 0.29) is 41.7 Å². The molecule has 192 valence electrons. The standard InChI is InChI=1S/C24H35N3O7Si/c1-7-19-20(34-35(5,6)24(2,3)4)12-21(33-19)26-13-17(22(28)25-23(26)29)15-32-14-16-10-8-9-11-18(16)27(30)31/h8-11,13,19-21H,7,12,14-15H2,1-6H3,(H,25,28,29)/t19-,20-,21-/m1/s1. The molecule has 0 aliphatic carbocycles. The minimum absolute atomic E-state index is 0.0382. The first kappa shape index (κ1) is 27.0. The molecule has 2 aromatic rings. The van der Waals surface area contributed by atoms with Gasteiger partial charge < -0.3 is 13.9 Å². The number of nitro groups is 1. The second kappa shape index (κ2) is 10.6. The van der Waals surface area contributed by atoms with E-state index in [9.17, 15) is 19.7 Å². The summed E-state index contributed by atoms with van der Waals surface area (Å²) >= 11 is 0. The number of aromatic amines is 1. The van der Waals surface area contributed by atoms with Crippen molar-refractivity contribution in [2.24, 2.45) is 0 Å². The molecule has 1 aromatic heterocycles. The molecule has 3 rings (SSSR count). The van der Waals surface area contributed by atoms with Gasteiger partial charge in [-0.3, -0.25) is 24.5 Å². The second-order valence-electron chi connectivity index (χ2n) is 10.4. The third-order valence-corrected chi connectivity index (χ3v) is 11.4. The van der Waals surface area contributed by atoms with Gasteiger partial charge in [-0.2, -0.15) is 0 Å². The highest BCUT2D eigenvalue weighted by atomic mass is 28.4. The van der Waals surface area contributed by atoms with Gasteiger partial charge >= 0.3 is 5.69 Å². The van der Waals surface area contributed by atoms with Gasteiger partial charge in [-0.1, -0.05) is 39.8 Å². The molecule has 35 heavy (non-hydrogen) atoms. The summed E-state index contributed by atoms with van der Waals surface area (Å²) < 4.78 is 19.8. The van der Waals surface area contributed by atoms with Gasteiger partial charge in [0.1, 0.15) is 6.23 Å². The number of hydrogen-bond acceptors (Lipinski definition) is 7. The summed E-state index contributed by atoms with van der Waals surface area (Å²) in [5.41, 5.74) is -0.548. The first-order valence-electron chi connectivity index (χ1n) is 11.8. The van der Waals surface area contributed by atoms with E-state index in [1.807, 2.05) is 6.92 Å². The van der Waals surface area contributed by atoms with Gasteiger partial charge in [0.05, 0.1) is 41.5 Å². The van der Waals surface area contributed by atoms with Crippen LogP contribution in [0.1, 0.15) is 57.9 Å². The molecule has 11 heteroatoms. The number of aromatic nitrogens is 2. The molecular formula is C24H35N3O7Si. The molecule has 1 aliphatic heterocycles. The quantitative estimate of drug-likeness (QED) is 0.307. The molecule has 0 saturated carbocycles.